The van der Waals surface area contributed by atoms with Crippen molar-refractivity contribution in [3.8, 4) is 11.4 Å². The summed E-state index contributed by atoms with van der Waals surface area (Å²) >= 11 is 0. The predicted molar refractivity (Wildman–Crippen MR) is 178 cm³/mol. The number of hydrogen-bond donors (Lipinski definition) is 1. The summed E-state index contributed by atoms with van der Waals surface area (Å²) in [4.78, 5) is 48.5. The maximum atomic E-state index is 14.0. The Kier molecular flexibility index (Phi) is 8.84. The largest absolute Gasteiger partial charge is 0.497 e. The number of ether oxygens (including phenoxy) is 2. The Hall–Kier alpha value is -4.64. The lowest BCUT2D eigenvalue weighted by atomic mass is 9.79. The molecule has 2 atom stereocenters. The number of piperidine rings is 2. The second-order valence-electron chi connectivity index (χ2n) is 13.7. The van der Waals surface area contributed by atoms with E-state index in [-0.39, 0.29) is 35.9 Å². The van der Waals surface area contributed by atoms with Gasteiger partial charge < -0.3 is 28.9 Å². The highest BCUT2D eigenvalue weighted by Gasteiger charge is 2.42. The number of hydrogen-bond acceptors (Lipinski definition) is 7. The third-order valence-electron chi connectivity index (χ3n) is 9.30. The number of aliphatic hydroxyl groups is 1. The van der Waals surface area contributed by atoms with Crippen molar-refractivity contribution in [2.24, 2.45) is 5.92 Å². The summed E-state index contributed by atoms with van der Waals surface area (Å²) in [6.45, 7) is 7.21. The summed E-state index contributed by atoms with van der Waals surface area (Å²) in [6.07, 6.45) is 4.13. The lowest BCUT2D eigenvalue weighted by molar-refractivity contribution is -0.142. The fourth-order valence-electron chi connectivity index (χ4n) is 6.75. The molecule has 11 heteroatoms. The maximum Gasteiger partial charge on any atom is 0.410 e. The molecule has 1 N–H and O–H groups in total. The molecule has 2 aliphatic heterocycles. The molecule has 2 aliphatic rings. The van der Waals surface area contributed by atoms with Gasteiger partial charge in [-0.15, -0.1) is 0 Å². The van der Waals surface area contributed by atoms with E-state index in [1.54, 1.807) is 18.1 Å². The molecule has 2 aromatic heterocycles. The minimum absolute atomic E-state index is 0.0323. The Bertz CT molecular complexity index is 1780. The smallest absolute Gasteiger partial charge is 0.410 e. The number of carbonyl (C=O) groups is 2. The van der Waals surface area contributed by atoms with Crippen LogP contribution in [0.25, 0.3) is 16.7 Å². The zero-order valence-corrected chi connectivity index (χ0v) is 27.5. The maximum absolute atomic E-state index is 14.0. The van der Waals surface area contributed by atoms with E-state index in [0.29, 0.717) is 56.5 Å². The molecule has 11 nitrogen and oxygen atoms in total. The van der Waals surface area contributed by atoms with E-state index in [2.05, 4.69) is 4.98 Å². The van der Waals surface area contributed by atoms with Gasteiger partial charge in [0.15, 0.2) is 5.65 Å². The first kappa shape index (κ1) is 32.3. The third kappa shape index (κ3) is 6.90. The minimum atomic E-state index is -1.16. The summed E-state index contributed by atoms with van der Waals surface area (Å²) in [7, 11) is 1.61. The molecule has 0 bridgehead atoms. The van der Waals surface area contributed by atoms with Crippen molar-refractivity contribution in [3.05, 3.63) is 89.1 Å². The van der Waals surface area contributed by atoms with Crippen LogP contribution < -0.4 is 10.3 Å². The number of amides is 2. The van der Waals surface area contributed by atoms with Crippen molar-refractivity contribution < 1.29 is 24.2 Å². The summed E-state index contributed by atoms with van der Waals surface area (Å²) < 4.78 is 14.2. The van der Waals surface area contributed by atoms with Crippen LogP contribution in [0.15, 0.2) is 78.0 Å². The number of benzene rings is 2. The quantitative estimate of drug-likeness (QED) is 0.327. The zero-order valence-electron chi connectivity index (χ0n) is 27.5. The monoisotopic (exact) mass is 641 g/mol. The topological polar surface area (TPSA) is 119 Å². The first-order chi connectivity index (χ1) is 22.4. The van der Waals surface area contributed by atoms with Crippen LogP contribution in [-0.4, -0.2) is 85.5 Å². The molecular weight excluding hydrogens is 598 g/mol. The van der Waals surface area contributed by atoms with E-state index in [9.17, 15) is 19.5 Å². The minimum Gasteiger partial charge on any atom is -0.497 e. The van der Waals surface area contributed by atoms with Crippen LogP contribution in [0.5, 0.6) is 5.75 Å². The van der Waals surface area contributed by atoms with Crippen LogP contribution in [0, 0.1) is 5.92 Å². The average Bonchev–Trinajstić information content (AvgIpc) is 3.50. The number of rotatable bonds is 6. The van der Waals surface area contributed by atoms with E-state index in [0.717, 1.165) is 17.0 Å². The second kappa shape index (κ2) is 12.9. The van der Waals surface area contributed by atoms with E-state index in [1.807, 2.05) is 91.0 Å². The van der Waals surface area contributed by atoms with Crippen molar-refractivity contribution in [2.75, 3.05) is 33.3 Å². The molecule has 47 heavy (non-hydrogen) atoms. The molecule has 2 amide bonds. The van der Waals surface area contributed by atoms with Crippen LogP contribution in [-0.2, 0) is 16.1 Å². The molecule has 6 rings (SSSR count). The van der Waals surface area contributed by atoms with Crippen LogP contribution in [0.3, 0.4) is 0 Å². The van der Waals surface area contributed by atoms with Gasteiger partial charge >= 0.3 is 6.09 Å². The van der Waals surface area contributed by atoms with Gasteiger partial charge in [0, 0.05) is 49.9 Å². The van der Waals surface area contributed by atoms with Crippen LogP contribution >= 0.6 is 0 Å². The Morgan fingerprint density at radius 3 is 2.34 bits per heavy atom. The van der Waals surface area contributed by atoms with Gasteiger partial charge in [-0.05, 0) is 75.9 Å². The summed E-state index contributed by atoms with van der Waals surface area (Å²) in [6, 6.07) is 19.1. The number of carbonyl (C=O) groups excluding carboxylic acids is 2. The van der Waals surface area contributed by atoms with Gasteiger partial charge in [0.05, 0.1) is 24.6 Å². The van der Waals surface area contributed by atoms with Crippen molar-refractivity contribution in [1.29, 1.82) is 0 Å². The van der Waals surface area contributed by atoms with Gasteiger partial charge in [-0.1, -0.05) is 30.3 Å². The third-order valence-corrected chi connectivity index (χ3v) is 9.30. The van der Waals surface area contributed by atoms with Gasteiger partial charge in [-0.3, -0.25) is 14.2 Å². The van der Waals surface area contributed by atoms with Gasteiger partial charge in [-0.25, -0.2) is 9.78 Å². The predicted octanol–water partition coefficient (Wildman–Crippen LogP) is 4.59. The van der Waals surface area contributed by atoms with E-state index < -0.39 is 11.2 Å². The molecule has 4 heterocycles. The number of fused-ring (bicyclic) bond motifs is 1. The molecule has 2 unspecified atom stereocenters. The number of nitrogens with zero attached hydrogens (tertiary/aromatic N) is 5. The standard InChI is InChI=1S/C36H43N5O6/c1-35(2,3)47-34(44)39-18-14-28(30(22-39)25-8-6-5-7-9-25)32(42)38-20-16-36(45,17-21-38)23-40-24-37-31-29(33(40)43)15-19-41(31)26-10-12-27(46-4)13-11-26/h5-13,15,19,24,28,30,45H,14,16-18,20-23H2,1-4H3. The van der Waals surface area contributed by atoms with E-state index >= 15 is 0 Å². The molecule has 4 aromatic rings. The van der Waals surface area contributed by atoms with Crippen LogP contribution in [0.1, 0.15) is 51.5 Å². The number of aromatic nitrogens is 3. The van der Waals surface area contributed by atoms with Gasteiger partial charge in [0.25, 0.3) is 5.56 Å². The first-order valence-electron chi connectivity index (χ1n) is 16.2. The Morgan fingerprint density at radius 2 is 1.68 bits per heavy atom. The first-order valence-corrected chi connectivity index (χ1v) is 16.2. The highest BCUT2D eigenvalue weighted by molar-refractivity contribution is 5.81. The summed E-state index contributed by atoms with van der Waals surface area (Å²) in [5, 5.41) is 12.0. The van der Waals surface area contributed by atoms with Crippen molar-refractivity contribution >= 4 is 23.0 Å². The fraction of sp³-hybridized carbons (Fsp3) is 0.444. The van der Waals surface area contributed by atoms with Crippen molar-refractivity contribution in [2.45, 2.75) is 63.7 Å². The molecule has 0 aliphatic carbocycles. The van der Waals surface area contributed by atoms with Gasteiger partial charge in [-0.2, -0.15) is 0 Å². The molecule has 2 aromatic carbocycles. The highest BCUT2D eigenvalue weighted by atomic mass is 16.6. The molecule has 0 saturated carbocycles. The Balaban J connectivity index is 1.13. The molecule has 0 radical (unpaired) electrons. The number of methoxy groups -OCH3 is 1. The van der Waals surface area contributed by atoms with Gasteiger partial charge in [0.2, 0.25) is 5.91 Å². The van der Waals surface area contributed by atoms with Crippen LogP contribution in [0.4, 0.5) is 4.79 Å². The lowest BCUT2D eigenvalue weighted by Crippen LogP contribution is -2.53. The average molecular weight is 642 g/mol. The second-order valence-corrected chi connectivity index (χ2v) is 13.7. The van der Waals surface area contributed by atoms with Gasteiger partial charge in [0.1, 0.15) is 17.7 Å². The molecular formula is C36H43N5O6. The van der Waals surface area contributed by atoms with E-state index in [4.69, 9.17) is 9.47 Å². The van der Waals surface area contributed by atoms with Crippen LogP contribution in [0.2, 0.25) is 0 Å². The summed E-state index contributed by atoms with van der Waals surface area (Å²) in [5.41, 5.74) is 0.410. The number of likely N-dealkylation sites (tertiary alicyclic amines) is 2. The lowest BCUT2D eigenvalue weighted by Gasteiger charge is -2.43. The van der Waals surface area contributed by atoms with Crippen molar-refractivity contribution in [1.82, 2.24) is 23.9 Å². The normalized spacial score (nSPS) is 19.9. The molecule has 0 spiro atoms. The molecule has 2 fully saturated rings. The molecule has 2 saturated heterocycles. The highest BCUT2D eigenvalue weighted by Crippen LogP contribution is 2.36. The molecule has 248 valence electrons. The Labute approximate surface area is 274 Å². The SMILES string of the molecule is COc1ccc(-n2ccc3c(=O)n(CC4(O)CCN(C(=O)C5CCN(C(=O)OC(C)(C)C)CC5c5ccccc5)CC4)cnc32)cc1. The van der Waals surface area contributed by atoms with E-state index in [1.165, 1.54) is 10.9 Å². The Morgan fingerprint density at radius 1 is 0.979 bits per heavy atom. The van der Waals surface area contributed by atoms with Crippen molar-refractivity contribution in [3.63, 3.8) is 0 Å². The zero-order chi connectivity index (χ0) is 33.3. The fourth-order valence-corrected chi connectivity index (χ4v) is 6.75. The summed E-state index contributed by atoms with van der Waals surface area (Å²) in [5.74, 6) is 0.296.